The van der Waals surface area contributed by atoms with E-state index in [-0.39, 0.29) is 0 Å². The van der Waals surface area contributed by atoms with Gasteiger partial charge in [0.2, 0.25) is 0 Å². The summed E-state index contributed by atoms with van der Waals surface area (Å²) in [6.45, 7) is 0. The van der Waals surface area contributed by atoms with Gasteiger partial charge in [0.25, 0.3) is 0 Å². The van der Waals surface area contributed by atoms with Crippen LogP contribution in [0.2, 0.25) is 0 Å². The zero-order chi connectivity index (χ0) is 6.97. The minimum absolute atomic E-state index is 0.580. The number of nitrogens with zero attached hydrogens (tertiary/aromatic N) is 1. The Balaban J connectivity index is 1.95. The molecule has 2 fully saturated rings. The van der Waals surface area contributed by atoms with Gasteiger partial charge in [-0.1, -0.05) is 6.42 Å². The van der Waals surface area contributed by atoms with E-state index in [1.54, 1.807) is 0 Å². The van der Waals surface area contributed by atoms with Gasteiger partial charge in [-0.25, -0.2) is 0 Å². The van der Waals surface area contributed by atoms with Gasteiger partial charge in [0.1, 0.15) is 0 Å². The van der Waals surface area contributed by atoms with E-state index in [4.69, 9.17) is 0 Å². The van der Waals surface area contributed by atoms with Crippen molar-refractivity contribution in [1.29, 1.82) is 0 Å². The highest BCUT2D eigenvalue weighted by Crippen LogP contribution is 2.49. The van der Waals surface area contributed by atoms with Crippen LogP contribution in [0.4, 0.5) is 0 Å². The van der Waals surface area contributed by atoms with Crippen molar-refractivity contribution in [2.24, 2.45) is 16.4 Å². The van der Waals surface area contributed by atoms with Gasteiger partial charge >= 0.3 is 0 Å². The average Bonchev–Trinajstić information content (AvgIpc) is 2.48. The summed E-state index contributed by atoms with van der Waals surface area (Å²) in [5.41, 5.74) is 0. The summed E-state index contributed by atoms with van der Waals surface area (Å²) in [4.78, 5) is 9.95. The second kappa shape index (κ2) is 2.53. The van der Waals surface area contributed by atoms with Crippen LogP contribution < -0.4 is 0 Å². The zero-order valence-corrected chi connectivity index (χ0v) is 6.64. The molecule has 0 aromatic rings. The quantitative estimate of drug-likeness (QED) is 0.455. The molecule has 2 bridgehead atoms. The van der Waals surface area contributed by atoms with Gasteiger partial charge in [-0.2, -0.15) is 0 Å². The molecule has 0 spiro atoms. The van der Waals surface area contributed by atoms with Crippen LogP contribution in [0.25, 0.3) is 0 Å². The second-order valence-electron chi connectivity index (χ2n) is 3.39. The van der Waals surface area contributed by atoms with E-state index >= 15 is 0 Å². The van der Waals surface area contributed by atoms with E-state index in [0.717, 1.165) is 11.8 Å². The van der Waals surface area contributed by atoms with Crippen LogP contribution in [0.3, 0.4) is 0 Å². The molecule has 0 aromatic carbocycles. The molecule has 0 saturated heterocycles. The Labute approximate surface area is 64.9 Å². The molecule has 2 nitrogen and oxygen atoms in total. The van der Waals surface area contributed by atoms with E-state index in [9.17, 15) is 4.91 Å². The first-order valence-electron chi connectivity index (χ1n) is 3.88. The minimum Gasteiger partial charge on any atom is -0.137 e. The Morgan fingerprint density at radius 2 is 2.20 bits per heavy atom. The van der Waals surface area contributed by atoms with Crippen molar-refractivity contribution in [2.75, 3.05) is 0 Å². The third kappa shape index (κ3) is 0.965. The lowest BCUT2D eigenvalue weighted by molar-refractivity contribution is 0.492. The summed E-state index contributed by atoms with van der Waals surface area (Å²) in [7, 11) is 0. The maximum absolute atomic E-state index is 9.95. The molecule has 0 aromatic heterocycles. The Morgan fingerprint density at radius 1 is 1.30 bits per heavy atom. The monoisotopic (exact) mass is 157 g/mol. The van der Waals surface area contributed by atoms with Crippen molar-refractivity contribution in [3.8, 4) is 0 Å². The zero-order valence-electron chi connectivity index (χ0n) is 5.82. The molecule has 3 heteroatoms. The molecule has 0 heterocycles. The van der Waals surface area contributed by atoms with E-state index in [1.165, 1.54) is 37.6 Å². The number of fused-ring (bicyclic) bond motifs is 2. The fourth-order valence-electron chi connectivity index (χ4n) is 2.37. The molecule has 56 valence electrons. The van der Waals surface area contributed by atoms with E-state index in [2.05, 4.69) is 4.58 Å². The van der Waals surface area contributed by atoms with Crippen LogP contribution in [0.1, 0.15) is 25.7 Å². The lowest BCUT2D eigenvalue weighted by Crippen LogP contribution is -2.10. The second-order valence-corrected chi connectivity index (χ2v) is 4.36. The third-order valence-electron chi connectivity index (χ3n) is 2.85. The van der Waals surface area contributed by atoms with E-state index in [0.29, 0.717) is 5.25 Å². The predicted molar refractivity (Wildman–Crippen MR) is 42.6 cm³/mol. The van der Waals surface area contributed by atoms with Crippen LogP contribution in [-0.2, 0) is 0 Å². The molecule has 2 saturated carbocycles. The van der Waals surface area contributed by atoms with Crippen molar-refractivity contribution in [3.63, 3.8) is 0 Å². The van der Waals surface area contributed by atoms with E-state index < -0.39 is 0 Å². The number of hydrogen-bond acceptors (Lipinski definition) is 3. The molecule has 0 N–H and O–H groups in total. The summed E-state index contributed by atoms with van der Waals surface area (Å²) in [5, 5.41) is 0.580. The first kappa shape index (κ1) is 6.65. The summed E-state index contributed by atoms with van der Waals surface area (Å²) in [5.74, 6) is 1.76. The number of hydrogen-bond donors (Lipinski definition) is 0. The van der Waals surface area contributed by atoms with Gasteiger partial charge in [-0.15, -0.1) is 4.91 Å². The van der Waals surface area contributed by atoms with Gasteiger partial charge in [0.15, 0.2) is 0 Å². The molecule has 3 atom stereocenters. The lowest BCUT2D eigenvalue weighted by Gasteiger charge is -2.16. The molecule has 2 rings (SSSR count). The molecule has 2 aliphatic rings. The van der Waals surface area contributed by atoms with Gasteiger partial charge in [-0.05, 0) is 31.1 Å². The maximum Gasteiger partial charge on any atom is 0.0331 e. The predicted octanol–water partition coefficient (Wildman–Crippen LogP) is 2.59. The number of nitroso groups, excluding NO2 is 1. The molecule has 0 amide bonds. The van der Waals surface area contributed by atoms with Crippen LogP contribution in [0.15, 0.2) is 4.58 Å². The Morgan fingerprint density at radius 3 is 2.70 bits per heavy atom. The fourth-order valence-corrected chi connectivity index (χ4v) is 3.26. The molecule has 0 radical (unpaired) electrons. The van der Waals surface area contributed by atoms with Gasteiger partial charge < -0.3 is 0 Å². The van der Waals surface area contributed by atoms with Gasteiger partial charge in [0.05, 0.1) is 0 Å². The molecular weight excluding hydrogens is 146 g/mol. The van der Waals surface area contributed by atoms with Crippen molar-refractivity contribution < 1.29 is 0 Å². The lowest BCUT2D eigenvalue weighted by atomic mass is 10.0. The largest absolute Gasteiger partial charge is 0.137 e. The summed E-state index contributed by atoms with van der Waals surface area (Å²) >= 11 is 1.27. The Kier molecular flexibility index (Phi) is 1.68. The maximum atomic E-state index is 9.95. The number of rotatable bonds is 2. The summed E-state index contributed by atoms with van der Waals surface area (Å²) in [6.07, 6.45) is 5.37. The van der Waals surface area contributed by atoms with Gasteiger partial charge in [0, 0.05) is 21.8 Å². The highest BCUT2D eigenvalue weighted by Gasteiger charge is 2.40. The standard InChI is InChI=1S/C7H11NOS/c9-8-10-7-4-5-1-2-6(7)3-5/h5-7H,1-4H2/t5?,6?,7-/m1/s1. The van der Waals surface area contributed by atoms with Crippen molar-refractivity contribution in [3.05, 3.63) is 4.91 Å². The molecule has 0 aliphatic heterocycles. The SMILES string of the molecule is O=NS[C@@H]1CC2CCC1C2. The average molecular weight is 157 g/mol. The van der Waals surface area contributed by atoms with Crippen molar-refractivity contribution >= 4 is 11.9 Å². The highest BCUT2D eigenvalue weighted by molar-refractivity contribution is 7.98. The third-order valence-corrected chi connectivity index (χ3v) is 3.79. The van der Waals surface area contributed by atoms with E-state index in [1.807, 2.05) is 0 Å². The Bertz CT molecular complexity index is 151. The first-order valence-corrected chi connectivity index (χ1v) is 4.72. The molecular formula is C7H11NOS. The van der Waals surface area contributed by atoms with Crippen LogP contribution in [0, 0.1) is 16.7 Å². The fraction of sp³-hybridized carbons (Fsp3) is 1.00. The molecule has 10 heavy (non-hydrogen) atoms. The Hall–Kier alpha value is -0.0500. The molecule has 2 unspecified atom stereocenters. The highest BCUT2D eigenvalue weighted by atomic mass is 32.2. The summed E-state index contributed by atoms with van der Waals surface area (Å²) in [6, 6.07) is 0. The van der Waals surface area contributed by atoms with Crippen LogP contribution in [-0.4, -0.2) is 5.25 Å². The van der Waals surface area contributed by atoms with Crippen LogP contribution >= 0.6 is 11.9 Å². The smallest absolute Gasteiger partial charge is 0.0331 e. The molecule has 2 aliphatic carbocycles. The van der Waals surface area contributed by atoms with Crippen molar-refractivity contribution in [1.82, 2.24) is 0 Å². The minimum atomic E-state index is 0.580. The topological polar surface area (TPSA) is 29.4 Å². The van der Waals surface area contributed by atoms with Gasteiger partial charge in [-0.3, -0.25) is 0 Å². The first-order chi connectivity index (χ1) is 4.90. The van der Waals surface area contributed by atoms with Crippen molar-refractivity contribution in [2.45, 2.75) is 30.9 Å². The summed E-state index contributed by atoms with van der Waals surface area (Å²) < 4.78 is 2.90. The normalized spacial score (nSPS) is 44.2. The van der Waals surface area contributed by atoms with Crippen LogP contribution in [0.5, 0.6) is 0 Å².